The summed E-state index contributed by atoms with van der Waals surface area (Å²) in [7, 11) is -3.73. The van der Waals surface area contributed by atoms with Gasteiger partial charge in [0, 0.05) is 24.7 Å². The van der Waals surface area contributed by atoms with Crippen LogP contribution in [-0.2, 0) is 21.2 Å². The largest absolute Gasteiger partial charge is 0.365 e. The number of sulfonamides is 1. The van der Waals surface area contributed by atoms with Crippen molar-refractivity contribution in [2.75, 3.05) is 21.5 Å². The van der Waals surface area contributed by atoms with Gasteiger partial charge in [0.05, 0.1) is 16.8 Å². The average molecular weight is 388 g/mol. The zero-order valence-electron chi connectivity index (χ0n) is 15.9. The second-order valence-corrected chi connectivity index (χ2v) is 9.31. The summed E-state index contributed by atoms with van der Waals surface area (Å²) < 4.78 is 27.9. The summed E-state index contributed by atoms with van der Waals surface area (Å²) in [5, 5.41) is 3.22. The first-order valence-electron chi connectivity index (χ1n) is 8.73. The van der Waals surface area contributed by atoms with Crippen molar-refractivity contribution in [1.29, 1.82) is 0 Å². The standard InChI is InChI=1S/C19H24N4O3S/c1-13(24)23-10-9-14-11-16(6-7-17(14)23)27(25,26)22-15-5-8-18(20-12-15)21-19(2,3)4/h5-8,11-12,22H,9-10H2,1-4H3,(H,20,21). The number of pyridine rings is 1. The number of rotatable bonds is 4. The summed E-state index contributed by atoms with van der Waals surface area (Å²) >= 11 is 0. The predicted octanol–water partition coefficient (Wildman–Crippen LogP) is 3.00. The van der Waals surface area contributed by atoms with Gasteiger partial charge in [0.1, 0.15) is 5.82 Å². The van der Waals surface area contributed by atoms with Crippen LogP contribution in [0.1, 0.15) is 33.3 Å². The third-order valence-corrected chi connectivity index (χ3v) is 5.53. The van der Waals surface area contributed by atoms with Gasteiger partial charge in [-0.15, -0.1) is 0 Å². The quantitative estimate of drug-likeness (QED) is 0.840. The van der Waals surface area contributed by atoms with E-state index in [0.29, 0.717) is 24.5 Å². The van der Waals surface area contributed by atoms with Crippen molar-refractivity contribution in [3.8, 4) is 0 Å². The summed E-state index contributed by atoms with van der Waals surface area (Å²) in [5.74, 6) is 0.629. The molecule has 0 atom stereocenters. The van der Waals surface area contributed by atoms with Crippen molar-refractivity contribution in [2.24, 2.45) is 0 Å². The van der Waals surface area contributed by atoms with Crippen LogP contribution in [0, 0.1) is 0 Å². The molecule has 2 N–H and O–H groups in total. The molecule has 1 aromatic heterocycles. The zero-order valence-corrected chi connectivity index (χ0v) is 16.7. The minimum absolute atomic E-state index is 0.0440. The van der Waals surface area contributed by atoms with Crippen LogP contribution in [-0.4, -0.2) is 31.4 Å². The first kappa shape index (κ1) is 19.2. The first-order valence-corrected chi connectivity index (χ1v) is 10.2. The molecule has 8 heteroatoms. The second-order valence-electron chi connectivity index (χ2n) is 7.62. The Labute approximate surface area is 159 Å². The van der Waals surface area contributed by atoms with Crippen LogP contribution in [0.15, 0.2) is 41.4 Å². The van der Waals surface area contributed by atoms with Gasteiger partial charge in [0.15, 0.2) is 0 Å². The Hall–Kier alpha value is -2.61. The molecule has 0 saturated heterocycles. The van der Waals surface area contributed by atoms with E-state index in [-0.39, 0.29) is 16.3 Å². The van der Waals surface area contributed by atoms with Crippen molar-refractivity contribution >= 4 is 33.1 Å². The van der Waals surface area contributed by atoms with E-state index in [4.69, 9.17) is 0 Å². The lowest BCUT2D eigenvalue weighted by molar-refractivity contribution is -0.116. The van der Waals surface area contributed by atoms with E-state index in [2.05, 4.69) is 15.0 Å². The predicted molar refractivity (Wildman–Crippen MR) is 107 cm³/mol. The summed E-state index contributed by atoms with van der Waals surface area (Å²) in [6.45, 7) is 8.14. The number of anilines is 3. The van der Waals surface area contributed by atoms with Crippen molar-refractivity contribution in [2.45, 2.75) is 44.6 Å². The topological polar surface area (TPSA) is 91.4 Å². The van der Waals surface area contributed by atoms with Gasteiger partial charge in [-0.2, -0.15) is 0 Å². The molecule has 3 rings (SSSR count). The Morgan fingerprint density at radius 3 is 2.52 bits per heavy atom. The SMILES string of the molecule is CC(=O)N1CCc2cc(S(=O)(=O)Nc3ccc(NC(C)(C)C)nc3)ccc21. The van der Waals surface area contributed by atoms with Crippen molar-refractivity contribution in [3.63, 3.8) is 0 Å². The van der Waals surface area contributed by atoms with E-state index >= 15 is 0 Å². The molecule has 0 fully saturated rings. The number of hydrogen-bond acceptors (Lipinski definition) is 5. The number of hydrogen-bond donors (Lipinski definition) is 2. The van der Waals surface area contributed by atoms with E-state index in [1.165, 1.54) is 19.2 Å². The molecule has 1 aliphatic heterocycles. The molecule has 2 heterocycles. The van der Waals surface area contributed by atoms with E-state index in [0.717, 1.165) is 11.3 Å². The molecule has 0 bridgehead atoms. The Morgan fingerprint density at radius 2 is 1.93 bits per heavy atom. The summed E-state index contributed by atoms with van der Waals surface area (Å²) in [4.78, 5) is 17.7. The minimum atomic E-state index is -3.73. The third-order valence-electron chi connectivity index (χ3n) is 4.16. The molecule has 144 valence electrons. The lowest BCUT2D eigenvalue weighted by Crippen LogP contribution is -2.26. The van der Waals surface area contributed by atoms with Gasteiger partial charge in [-0.05, 0) is 63.1 Å². The number of amides is 1. The number of carbonyl (C=O) groups is 1. The molecule has 7 nitrogen and oxygen atoms in total. The number of aromatic nitrogens is 1. The maximum absolute atomic E-state index is 12.7. The molecular formula is C19H24N4O3S. The molecular weight excluding hydrogens is 364 g/mol. The van der Waals surface area contributed by atoms with Gasteiger partial charge in [-0.1, -0.05) is 0 Å². The highest BCUT2D eigenvalue weighted by Crippen LogP contribution is 2.30. The summed E-state index contributed by atoms with van der Waals surface area (Å²) in [5.41, 5.74) is 1.89. The van der Waals surface area contributed by atoms with E-state index < -0.39 is 10.0 Å². The van der Waals surface area contributed by atoms with Gasteiger partial charge in [-0.25, -0.2) is 13.4 Å². The molecule has 0 radical (unpaired) electrons. The van der Waals surface area contributed by atoms with Crippen LogP contribution in [0.25, 0.3) is 0 Å². The highest BCUT2D eigenvalue weighted by atomic mass is 32.2. The Morgan fingerprint density at radius 1 is 1.19 bits per heavy atom. The van der Waals surface area contributed by atoms with Gasteiger partial charge in [0.2, 0.25) is 5.91 Å². The van der Waals surface area contributed by atoms with Gasteiger partial charge >= 0.3 is 0 Å². The Kier molecular flexibility index (Phi) is 4.86. The molecule has 1 aliphatic rings. The summed E-state index contributed by atoms with van der Waals surface area (Å²) in [6.07, 6.45) is 2.13. The van der Waals surface area contributed by atoms with Crippen LogP contribution >= 0.6 is 0 Å². The van der Waals surface area contributed by atoms with Crippen LogP contribution in [0.5, 0.6) is 0 Å². The lowest BCUT2D eigenvalue weighted by atomic mass is 10.1. The zero-order chi connectivity index (χ0) is 19.8. The van der Waals surface area contributed by atoms with Crippen molar-refractivity contribution in [1.82, 2.24) is 4.98 Å². The molecule has 27 heavy (non-hydrogen) atoms. The Bertz CT molecular complexity index is 963. The van der Waals surface area contributed by atoms with E-state index in [9.17, 15) is 13.2 Å². The fraction of sp³-hybridized carbons (Fsp3) is 0.368. The van der Waals surface area contributed by atoms with Crippen molar-refractivity contribution in [3.05, 3.63) is 42.1 Å². The molecule has 1 amide bonds. The maximum Gasteiger partial charge on any atom is 0.261 e. The van der Waals surface area contributed by atoms with Gasteiger partial charge in [0.25, 0.3) is 10.0 Å². The maximum atomic E-state index is 12.7. The number of nitrogens with zero attached hydrogens (tertiary/aromatic N) is 2. The number of fused-ring (bicyclic) bond motifs is 1. The third kappa shape index (κ3) is 4.39. The lowest BCUT2D eigenvalue weighted by Gasteiger charge is -2.21. The highest BCUT2D eigenvalue weighted by Gasteiger charge is 2.25. The number of nitrogens with one attached hydrogen (secondary N) is 2. The molecule has 0 saturated carbocycles. The number of benzene rings is 1. The van der Waals surface area contributed by atoms with Crippen LogP contribution in [0.4, 0.5) is 17.2 Å². The second kappa shape index (κ2) is 6.84. The molecule has 1 aromatic carbocycles. The highest BCUT2D eigenvalue weighted by molar-refractivity contribution is 7.92. The van der Waals surface area contributed by atoms with Crippen molar-refractivity contribution < 1.29 is 13.2 Å². The smallest absolute Gasteiger partial charge is 0.261 e. The van der Waals surface area contributed by atoms with Crippen LogP contribution < -0.4 is 14.9 Å². The molecule has 2 aromatic rings. The van der Waals surface area contributed by atoms with E-state index in [1.54, 1.807) is 29.2 Å². The fourth-order valence-electron chi connectivity index (χ4n) is 3.00. The average Bonchev–Trinajstić information content (AvgIpc) is 2.98. The van der Waals surface area contributed by atoms with E-state index in [1.807, 2.05) is 20.8 Å². The summed E-state index contributed by atoms with van der Waals surface area (Å²) in [6, 6.07) is 8.24. The van der Waals surface area contributed by atoms with Crippen LogP contribution in [0.3, 0.4) is 0 Å². The number of carbonyl (C=O) groups excluding carboxylic acids is 1. The first-order chi connectivity index (χ1) is 12.5. The molecule has 0 unspecified atom stereocenters. The van der Waals surface area contributed by atoms with Gasteiger partial charge < -0.3 is 10.2 Å². The van der Waals surface area contributed by atoms with Crippen LogP contribution in [0.2, 0.25) is 0 Å². The minimum Gasteiger partial charge on any atom is -0.365 e. The molecule has 0 spiro atoms. The monoisotopic (exact) mass is 388 g/mol. The van der Waals surface area contributed by atoms with Gasteiger partial charge in [-0.3, -0.25) is 9.52 Å². The molecule has 0 aliphatic carbocycles. The Balaban J connectivity index is 1.79. The fourth-order valence-corrected chi connectivity index (χ4v) is 4.09. The normalized spacial score (nSPS) is 14.0.